The minimum atomic E-state index is -1.06. The summed E-state index contributed by atoms with van der Waals surface area (Å²) in [6.45, 7) is 2.44. The molecular weight excluding hydrogens is 246 g/mol. The van der Waals surface area contributed by atoms with E-state index in [-0.39, 0.29) is 11.3 Å². The van der Waals surface area contributed by atoms with Crippen LogP contribution in [0.2, 0.25) is 0 Å². The quantitative estimate of drug-likeness (QED) is 0.893. The van der Waals surface area contributed by atoms with E-state index in [9.17, 15) is 4.79 Å². The molecule has 2 rings (SSSR count). The summed E-state index contributed by atoms with van der Waals surface area (Å²) in [5.41, 5.74) is 0.0665. The van der Waals surface area contributed by atoms with Crippen LogP contribution in [-0.2, 0) is 0 Å². The zero-order valence-corrected chi connectivity index (χ0v) is 10.4. The third-order valence-electron chi connectivity index (χ3n) is 2.36. The largest absolute Gasteiger partial charge is 0.494 e. The number of carboxylic acids is 1. The lowest BCUT2D eigenvalue weighted by molar-refractivity contribution is 0.0694. The van der Waals surface area contributed by atoms with Gasteiger partial charge in [-0.2, -0.15) is 0 Å². The predicted octanol–water partition coefficient (Wildman–Crippen LogP) is 2.97. The van der Waals surface area contributed by atoms with Crippen LogP contribution in [0.4, 0.5) is 0 Å². The van der Waals surface area contributed by atoms with Crippen LogP contribution in [0.15, 0.2) is 42.7 Å². The predicted molar refractivity (Wildman–Crippen MR) is 68.9 cm³/mol. The van der Waals surface area contributed by atoms with Crippen molar-refractivity contribution < 1.29 is 19.4 Å². The SMILES string of the molecule is CCOc1cccc(Oc2cnccc2C(=O)O)c1. The van der Waals surface area contributed by atoms with E-state index in [2.05, 4.69) is 4.98 Å². The fraction of sp³-hybridized carbons (Fsp3) is 0.143. The Hall–Kier alpha value is -2.56. The summed E-state index contributed by atoms with van der Waals surface area (Å²) < 4.78 is 10.9. The Morgan fingerprint density at radius 3 is 2.84 bits per heavy atom. The number of pyridine rings is 1. The molecule has 0 bridgehead atoms. The molecule has 0 aliphatic carbocycles. The van der Waals surface area contributed by atoms with Crippen LogP contribution < -0.4 is 9.47 Å². The molecule has 0 radical (unpaired) electrons. The Balaban J connectivity index is 2.26. The highest BCUT2D eigenvalue weighted by molar-refractivity contribution is 5.90. The van der Waals surface area contributed by atoms with Gasteiger partial charge in [0, 0.05) is 12.3 Å². The number of ether oxygens (including phenoxy) is 2. The Morgan fingerprint density at radius 1 is 1.32 bits per heavy atom. The highest BCUT2D eigenvalue weighted by Crippen LogP contribution is 2.27. The van der Waals surface area contributed by atoms with E-state index in [1.165, 1.54) is 18.5 Å². The molecule has 19 heavy (non-hydrogen) atoms. The minimum absolute atomic E-state index is 0.0665. The molecule has 98 valence electrons. The van der Waals surface area contributed by atoms with Crippen molar-refractivity contribution in [2.45, 2.75) is 6.92 Å². The van der Waals surface area contributed by atoms with Gasteiger partial charge in [0.1, 0.15) is 17.1 Å². The summed E-state index contributed by atoms with van der Waals surface area (Å²) >= 11 is 0. The van der Waals surface area contributed by atoms with Gasteiger partial charge in [0.05, 0.1) is 12.8 Å². The first-order valence-electron chi connectivity index (χ1n) is 5.78. The molecule has 0 spiro atoms. The van der Waals surface area contributed by atoms with Gasteiger partial charge in [-0.05, 0) is 25.1 Å². The van der Waals surface area contributed by atoms with E-state index in [4.69, 9.17) is 14.6 Å². The van der Waals surface area contributed by atoms with Gasteiger partial charge < -0.3 is 14.6 Å². The van der Waals surface area contributed by atoms with Crippen LogP contribution in [0.25, 0.3) is 0 Å². The van der Waals surface area contributed by atoms with E-state index < -0.39 is 5.97 Å². The maximum Gasteiger partial charge on any atom is 0.339 e. The Labute approximate surface area is 110 Å². The lowest BCUT2D eigenvalue weighted by Gasteiger charge is -2.09. The number of aromatic nitrogens is 1. The van der Waals surface area contributed by atoms with Crippen LogP contribution >= 0.6 is 0 Å². The molecule has 0 amide bonds. The normalized spacial score (nSPS) is 9.95. The fourth-order valence-electron chi connectivity index (χ4n) is 1.56. The molecule has 0 aliphatic heterocycles. The third kappa shape index (κ3) is 3.22. The molecule has 1 aromatic carbocycles. The summed E-state index contributed by atoms with van der Waals surface area (Å²) in [4.78, 5) is 14.9. The molecule has 0 unspecified atom stereocenters. The van der Waals surface area contributed by atoms with Gasteiger partial charge >= 0.3 is 5.97 Å². The first-order chi connectivity index (χ1) is 9.20. The van der Waals surface area contributed by atoms with Gasteiger partial charge in [0.15, 0.2) is 5.75 Å². The van der Waals surface area contributed by atoms with Crippen LogP contribution in [0.3, 0.4) is 0 Å². The monoisotopic (exact) mass is 259 g/mol. The number of carboxylic acid groups (broad SMARTS) is 1. The molecule has 1 aromatic heterocycles. The van der Waals surface area contributed by atoms with Crippen molar-refractivity contribution in [3.8, 4) is 17.2 Å². The van der Waals surface area contributed by atoms with Gasteiger partial charge in [-0.25, -0.2) is 4.79 Å². The first-order valence-corrected chi connectivity index (χ1v) is 5.78. The van der Waals surface area contributed by atoms with E-state index in [0.29, 0.717) is 18.1 Å². The average molecular weight is 259 g/mol. The molecule has 1 N–H and O–H groups in total. The van der Waals surface area contributed by atoms with Crippen LogP contribution in [-0.4, -0.2) is 22.7 Å². The number of rotatable bonds is 5. The lowest BCUT2D eigenvalue weighted by Crippen LogP contribution is -2.00. The summed E-state index contributed by atoms with van der Waals surface area (Å²) in [5, 5.41) is 9.05. The number of hydrogen-bond donors (Lipinski definition) is 1. The minimum Gasteiger partial charge on any atom is -0.494 e. The molecule has 5 heteroatoms. The maximum atomic E-state index is 11.0. The molecule has 0 aliphatic rings. The molecule has 0 atom stereocenters. The van der Waals surface area contributed by atoms with Crippen molar-refractivity contribution in [1.29, 1.82) is 0 Å². The summed E-state index contributed by atoms with van der Waals surface area (Å²) in [6, 6.07) is 8.39. The molecule has 0 saturated heterocycles. The van der Waals surface area contributed by atoms with E-state index in [1.807, 2.05) is 6.92 Å². The topological polar surface area (TPSA) is 68.7 Å². The van der Waals surface area contributed by atoms with Crippen molar-refractivity contribution in [2.24, 2.45) is 0 Å². The van der Waals surface area contributed by atoms with E-state index >= 15 is 0 Å². The van der Waals surface area contributed by atoms with Gasteiger partial charge in [-0.1, -0.05) is 6.07 Å². The van der Waals surface area contributed by atoms with E-state index in [0.717, 1.165) is 0 Å². The third-order valence-corrected chi connectivity index (χ3v) is 2.36. The fourth-order valence-corrected chi connectivity index (χ4v) is 1.56. The number of nitrogens with zero attached hydrogens (tertiary/aromatic N) is 1. The molecule has 0 fully saturated rings. The molecule has 0 saturated carbocycles. The van der Waals surface area contributed by atoms with Gasteiger partial charge in [0.25, 0.3) is 0 Å². The van der Waals surface area contributed by atoms with Crippen molar-refractivity contribution in [1.82, 2.24) is 4.98 Å². The number of hydrogen-bond acceptors (Lipinski definition) is 4. The van der Waals surface area contributed by atoms with Crippen molar-refractivity contribution >= 4 is 5.97 Å². The average Bonchev–Trinajstić information content (AvgIpc) is 2.40. The van der Waals surface area contributed by atoms with Crippen molar-refractivity contribution in [2.75, 3.05) is 6.61 Å². The summed E-state index contributed by atoms with van der Waals surface area (Å²) in [5.74, 6) is 0.309. The smallest absolute Gasteiger partial charge is 0.339 e. The zero-order chi connectivity index (χ0) is 13.7. The second-order valence-electron chi connectivity index (χ2n) is 3.69. The number of benzene rings is 1. The second kappa shape index (κ2) is 5.86. The number of aromatic carboxylic acids is 1. The highest BCUT2D eigenvalue weighted by Gasteiger charge is 2.11. The molecule has 5 nitrogen and oxygen atoms in total. The summed E-state index contributed by atoms with van der Waals surface area (Å²) in [6.07, 6.45) is 2.78. The van der Waals surface area contributed by atoms with Gasteiger partial charge in [-0.3, -0.25) is 4.98 Å². The van der Waals surface area contributed by atoms with Gasteiger partial charge in [0.2, 0.25) is 0 Å². The van der Waals surface area contributed by atoms with Crippen LogP contribution in [0.1, 0.15) is 17.3 Å². The zero-order valence-electron chi connectivity index (χ0n) is 10.4. The highest BCUT2D eigenvalue weighted by atomic mass is 16.5. The molecule has 2 aromatic rings. The Morgan fingerprint density at radius 2 is 2.11 bits per heavy atom. The Bertz CT molecular complexity index is 583. The van der Waals surface area contributed by atoms with Crippen LogP contribution in [0.5, 0.6) is 17.2 Å². The Kier molecular flexibility index (Phi) is 3.97. The molecule has 1 heterocycles. The van der Waals surface area contributed by atoms with Crippen LogP contribution in [0, 0.1) is 0 Å². The maximum absolute atomic E-state index is 11.0. The summed E-state index contributed by atoms with van der Waals surface area (Å²) in [7, 11) is 0. The standard InChI is InChI=1S/C14H13NO4/c1-2-18-10-4-3-5-11(8-10)19-13-9-15-7-6-12(13)14(16)17/h3-9H,2H2,1H3,(H,16,17). The van der Waals surface area contributed by atoms with Gasteiger partial charge in [-0.15, -0.1) is 0 Å². The number of carbonyl (C=O) groups is 1. The molecular formula is C14H13NO4. The van der Waals surface area contributed by atoms with Crippen molar-refractivity contribution in [3.05, 3.63) is 48.3 Å². The first kappa shape index (κ1) is 12.9. The lowest BCUT2D eigenvalue weighted by atomic mass is 10.2. The second-order valence-corrected chi connectivity index (χ2v) is 3.69. The van der Waals surface area contributed by atoms with E-state index in [1.54, 1.807) is 24.3 Å². The van der Waals surface area contributed by atoms with Crippen molar-refractivity contribution in [3.63, 3.8) is 0 Å².